The van der Waals surface area contributed by atoms with Crippen LogP contribution in [0.2, 0.25) is 0 Å². The van der Waals surface area contributed by atoms with Gasteiger partial charge >= 0.3 is 0 Å². The normalized spacial score (nSPS) is 18.2. The van der Waals surface area contributed by atoms with Crippen molar-refractivity contribution in [3.05, 3.63) is 0 Å². The van der Waals surface area contributed by atoms with Crippen LogP contribution in [0.3, 0.4) is 0 Å². The van der Waals surface area contributed by atoms with Crippen molar-refractivity contribution in [2.75, 3.05) is 19.6 Å². The lowest BCUT2D eigenvalue weighted by molar-refractivity contribution is -0.131. The number of hydrogen-bond donors (Lipinski definition) is 2. The van der Waals surface area contributed by atoms with E-state index in [9.17, 15) is 9.59 Å². The van der Waals surface area contributed by atoms with Crippen molar-refractivity contribution < 1.29 is 9.59 Å². The van der Waals surface area contributed by atoms with Crippen LogP contribution in [0.15, 0.2) is 0 Å². The van der Waals surface area contributed by atoms with Gasteiger partial charge in [0, 0.05) is 31.6 Å². The molecule has 0 aliphatic carbocycles. The molecule has 0 spiro atoms. The molecular weight excluding hydrogens is 242 g/mol. The van der Waals surface area contributed by atoms with Gasteiger partial charge in [-0.05, 0) is 26.2 Å². The van der Waals surface area contributed by atoms with Gasteiger partial charge in [-0.15, -0.1) is 0 Å². The molecule has 0 aromatic rings. The Kier molecular flexibility index (Phi) is 6.84. The third-order valence-electron chi connectivity index (χ3n) is 3.75. The SMILES string of the molecule is CCC(=O)NC1CCN(C(=O)CNC(C)CC)CC1. The zero-order valence-corrected chi connectivity index (χ0v) is 12.4. The molecule has 19 heavy (non-hydrogen) atoms. The van der Waals surface area contributed by atoms with E-state index in [0.29, 0.717) is 19.0 Å². The molecule has 0 bridgehead atoms. The van der Waals surface area contributed by atoms with E-state index in [1.165, 1.54) is 0 Å². The highest BCUT2D eigenvalue weighted by Crippen LogP contribution is 2.10. The average molecular weight is 269 g/mol. The number of amides is 2. The smallest absolute Gasteiger partial charge is 0.236 e. The van der Waals surface area contributed by atoms with Crippen molar-refractivity contribution in [1.29, 1.82) is 0 Å². The minimum atomic E-state index is 0.100. The third kappa shape index (κ3) is 5.59. The summed E-state index contributed by atoms with van der Waals surface area (Å²) in [6.45, 7) is 7.95. The van der Waals surface area contributed by atoms with Gasteiger partial charge in [-0.3, -0.25) is 9.59 Å². The molecule has 1 atom stereocenters. The maximum Gasteiger partial charge on any atom is 0.236 e. The summed E-state index contributed by atoms with van der Waals surface area (Å²) in [5.74, 6) is 0.267. The van der Waals surface area contributed by atoms with Gasteiger partial charge < -0.3 is 15.5 Å². The molecule has 5 heteroatoms. The minimum absolute atomic E-state index is 0.100. The van der Waals surface area contributed by atoms with Gasteiger partial charge in [0.1, 0.15) is 0 Å². The molecule has 2 amide bonds. The van der Waals surface area contributed by atoms with Crippen molar-refractivity contribution in [1.82, 2.24) is 15.5 Å². The van der Waals surface area contributed by atoms with Crippen LogP contribution < -0.4 is 10.6 Å². The summed E-state index contributed by atoms with van der Waals surface area (Å²) in [4.78, 5) is 25.2. The van der Waals surface area contributed by atoms with E-state index in [1.807, 2.05) is 11.8 Å². The van der Waals surface area contributed by atoms with Crippen LogP contribution in [0.25, 0.3) is 0 Å². The van der Waals surface area contributed by atoms with Crippen LogP contribution in [0.5, 0.6) is 0 Å². The molecule has 1 aliphatic heterocycles. The molecule has 0 aromatic heterocycles. The number of hydrogen-bond acceptors (Lipinski definition) is 3. The number of carbonyl (C=O) groups excluding carboxylic acids is 2. The quantitative estimate of drug-likeness (QED) is 0.753. The number of carbonyl (C=O) groups is 2. The number of likely N-dealkylation sites (tertiary alicyclic amines) is 1. The first-order chi connectivity index (χ1) is 9.06. The van der Waals surface area contributed by atoms with E-state index >= 15 is 0 Å². The Morgan fingerprint density at radius 3 is 2.42 bits per heavy atom. The third-order valence-corrected chi connectivity index (χ3v) is 3.75. The fourth-order valence-electron chi connectivity index (χ4n) is 2.12. The van der Waals surface area contributed by atoms with E-state index in [2.05, 4.69) is 24.5 Å². The van der Waals surface area contributed by atoms with Crippen LogP contribution in [-0.2, 0) is 9.59 Å². The molecular formula is C14H27N3O2. The topological polar surface area (TPSA) is 61.4 Å². The predicted octanol–water partition coefficient (Wildman–Crippen LogP) is 0.892. The van der Waals surface area contributed by atoms with Gasteiger partial charge in [-0.25, -0.2) is 0 Å². The summed E-state index contributed by atoms with van der Waals surface area (Å²) in [6.07, 6.45) is 3.28. The van der Waals surface area contributed by atoms with E-state index in [1.54, 1.807) is 0 Å². The Bertz CT molecular complexity index is 299. The molecule has 110 valence electrons. The van der Waals surface area contributed by atoms with E-state index in [0.717, 1.165) is 32.4 Å². The highest BCUT2D eigenvalue weighted by Gasteiger charge is 2.23. The van der Waals surface area contributed by atoms with Gasteiger partial charge in [0.25, 0.3) is 0 Å². The summed E-state index contributed by atoms with van der Waals surface area (Å²) < 4.78 is 0. The van der Waals surface area contributed by atoms with E-state index in [-0.39, 0.29) is 17.9 Å². The highest BCUT2D eigenvalue weighted by molar-refractivity contribution is 5.78. The van der Waals surface area contributed by atoms with Gasteiger partial charge in [0.05, 0.1) is 6.54 Å². The number of piperidine rings is 1. The molecule has 1 fully saturated rings. The molecule has 1 aliphatic rings. The molecule has 1 saturated heterocycles. The Hall–Kier alpha value is -1.10. The highest BCUT2D eigenvalue weighted by atomic mass is 16.2. The Labute approximate surface area is 116 Å². The minimum Gasteiger partial charge on any atom is -0.353 e. The van der Waals surface area contributed by atoms with Crippen LogP contribution in [0, 0.1) is 0 Å². The molecule has 0 aromatic carbocycles. The second-order valence-corrected chi connectivity index (χ2v) is 5.27. The lowest BCUT2D eigenvalue weighted by Gasteiger charge is -2.32. The molecule has 1 unspecified atom stereocenters. The van der Waals surface area contributed by atoms with Crippen molar-refractivity contribution >= 4 is 11.8 Å². The maximum absolute atomic E-state index is 12.0. The Balaban J connectivity index is 2.25. The molecule has 1 heterocycles. The summed E-state index contributed by atoms with van der Waals surface area (Å²) in [5.41, 5.74) is 0. The summed E-state index contributed by atoms with van der Waals surface area (Å²) >= 11 is 0. The van der Waals surface area contributed by atoms with E-state index < -0.39 is 0 Å². The second kappa shape index (κ2) is 8.15. The average Bonchev–Trinajstić information content (AvgIpc) is 2.44. The Morgan fingerprint density at radius 1 is 1.26 bits per heavy atom. The van der Waals surface area contributed by atoms with Crippen LogP contribution in [0.1, 0.15) is 46.5 Å². The zero-order valence-electron chi connectivity index (χ0n) is 12.4. The van der Waals surface area contributed by atoms with Crippen molar-refractivity contribution in [2.24, 2.45) is 0 Å². The van der Waals surface area contributed by atoms with Gasteiger partial charge in [-0.2, -0.15) is 0 Å². The summed E-state index contributed by atoms with van der Waals surface area (Å²) in [6, 6.07) is 0.615. The van der Waals surface area contributed by atoms with Gasteiger partial charge in [-0.1, -0.05) is 13.8 Å². The molecule has 5 nitrogen and oxygen atoms in total. The van der Waals surface area contributed by atoms with Gasteiger partial charge in [0.2, 0.25) is 11.8 Å². The first-order valence-electron chi connectivity index (χ1n) is 7.37. The van der Waals surface area contributed by atoms with Crippen LogP contribution in [0.4, 0.5) is 0 Å². The number of rotatable bonds is 6. The second-order valence-electron chi connectivity index (χ2n) is 5.27. The standard InChI is InChI=1S/C14H27N3O2/c1-4-11(3)15-10-14(19)17-8-6-12(7-9-17)16-13(18)5-2/h11-12,15H,4-10H2,1-3H3,(H,16,18). The van der Waals surface area contributed by atoms with Gasteiger partial charge in [0.15, 0.2) is 0 Å². The fourth-order valence-corrected chi connectivity index (χ4v) is 2.12. The first-order valence-corrected chi connectivity index (χ1v) is 7.37. The first kappa shape index (κ1) is 16.0. The van der Waals surface area contributed by atoms with Crippen molar-refractivity contribution in [3.8, 4) is 0 Å². The van der Waals surface area contributed by atoms with E-state index in [4.69, 9.17) is 0 Å². The maximum atomic E-state index is 12.0. The largest absolute Gasteiger partial charge is 0.353 e. The number of nitrogens with zero attached hydrogens (tertiary/aromatic N) is 1. The lowest BCUT2D eigenvalue weighted by atomic mass is 10.0. The van der Waals surface area contributed by atoms with Crippen molar-refractivity contribution in [3.63, 3.8) is 0 Å². The van der Waals surface area contributed by atoms with Crippen LogP contribution >= 0.6 is 0 Å². The fraction of sp³-hybridized carbons (Fsp3) is 0.857. The number of nitrogens with one attached hydrogen (secondary N) is 2. The van der Waals surface area contributed by atoms with Crippen molar-refractivity contribution in [2.45, 2.75) is 58.5 Å². The molecule has 2 N–H and O–H groups in total. The van der Waals surface area contributed by atoms with Crippen LogP contribution in [-0.4, -0.2) is 48.4 Å². The Morgan fingerprint density at radius 2 is 1.89 bits per heavy atom. The lowest BCUT2D eigenvalue weighted by Crippen LogP contribution is -2.49. The molecule has 1 rings (SSSR count). The predicted molar refractivity (Wildman–Crippen MR) is 75.8 cm³/mol. The zero-order chi connectivity index (χ0) is 14.3. The monoisotopic (exact) mass is 269 g/mol. The summed E-state index contributed by atoms with van der Waals surface area (Å²) in [7, 11) is 0. The molecule has 0 radical (unpaired) electrons. The summed E-state index contributed by atoms with van der Waals surface area (Å²) in [5, 5.41) is 6.22. The molecule has 0 saturated carbocycles.